The fourth-order valence-corrected chi connectivity index (χ4v) is 3.27. The number of anilines is 1. The van der Waals surface area contributed by atoms with Crippen LogP contribution in [-0.4, -0.2) is 11.9 Å². The van der Waals surface area contributed by atoms with Crippen molar-refractivity contribution in [3.8, 4) is 0 Å². The summed E-state index contributed by atoms with van der Waals surface area (Å²) in [5.41, 5.74) is 10.7. The van der Waals surface area contributed by atoms with E-state index in [0.29, 0.717) is 6.04 Å². The maximum atomic E-state index is 6.25. The Labute approximate surface area is 125 Å². The second-order valence-electron chi connectivity index (χ2n) is 5.52. The van der Waals surface area contributed by atoms with Gasteiger partial charge in [-0.2, -0.15) is 0 Å². The van der Waals surface area contributed by atoms with E-state index < -0.39 is 0 Å². The summed E-state index contributed by atoms with van der Waals surface area (Å²) in [6.07, 6.45) is 2.26. The Bertz CT molecular complexity index is 624. The molecule has 0 heterocycles. The highest BCUT2D eigenvalue weighted by atomic mass is 35.5. The first-order valence-corrected chi connectivity index (χ1v) is 7.35. The summed E-state index contributed by atoms with van der Waals surface area (Å²) in [4.78, 5) is 2.38. The zero-order valence-corrected chi connectivity index (χ0v) is 12.4. The molecule has 2 nitrogen and oxygen atoms in total. The summed E-state index contributed by atoms with van der Waals surface area (Å²) in [7, 11) is 2.17. The predicted octanol–water partition coefficient (Wildman–Crippen LogP) is 4.04. The molecule has 20 heavy (non-hydrogen) atoms. The van der Waals surface area contributed by atoms with E-state index in [0.717, 1.165) is 30.1 Å². The second kappa shape index (κ2) is 5.47. The Morgan fingerprint density at radius 1 is 1.25 bits per heavy atom. The first-order chi connectivity index (χ1) is 9.65. The van der Waals surface area contributed by atoms with Crippen molar-refractivity contribution in [3.05, 3.63) is 64.2 Å². The zero-order chi connectivity index (χ0) is 14.1. The summed E-state index contributed by atoms with van der Waals surface area (Å²) in [6, 6.07) is 14.8. The van der Waals surface area contributed by atoms with Gasteiger partial charge in [-0.15, -0.1) is 0 Å². The molecule has 0 aromatic heterocycles. The molecule has 1 atom stereocenters. The number of benzene rings is 2. The van der Waals surface area contributed by atoms with Gasteiger partial charge in [-0.1, -0.05) is 35.9 Å². The number of hydrogen-bond donors (Lipinski definition) is 1. The highest BCUT2D eigenvalue weighted by molar-refractivity contribution is 6.31. The molecule has 0 aliphatic heterocycles. The number of hydrogen-bond acceptors (Lipinski definition) is 2. The smallest absolute Gasteiger partial charge is 0.0451 e. The lowest BCUT2D eigenvalue weighted by atomic mass is 10.1. The number of halogens is 1. The molecule has 1 aliphatic carbocycles. The Kier molecular flexibility index (Phi) is 3.68. The Hall–Kier alpha value is -1.51. The average molecular weight is 287 g/mol. The molecule has 2 aromatic rings. The number of nitrogens with two attached hydrogens (primary N) is 1. The fraction of sp³-hybridized carbons (Fsp3) is 0.294. The van der Waals surface area contributed by atoms with Gasteiger partial charge in [0.25, 0.3) is 0 Å². The quantitative estimate of drug-likeness (QED) is 0.863. The van der Waals surface area contributed by atoms with E-state index >= 15 is 0 Å². The number of nitrogen functional groups attached to an aromatic ring is 1. The van der Waals surface area contributed by atoms with Gasteiger partial charge in [0, 0.05) is 23.3 Å². The van der Waals surface area contributed by atoms with E-state index in [1.807, 2.05) is 24.3 Å². The Morgan fingerprint density at radius 2 is 2.05 bits per heavy atom. The molecule has 0 saturated heterocycles. The first kappa shape index (κ1) is 13.5. The molecular formula is C17H19ClN2. The van der Waals surface area contributed by atoms with Crippen molar-refractivity contribution in [1.29, 1.82) is 0 Å². The number of fused-ring (bicyclic) bond motifs is 1. The van der Waals surface area contributed by atoms with Crippen LogP contribution in [0.3, 0.4) is 0 Å². The lowest BCUT2D eigenvalue weighted by Gasteiger charge is -2.25. The molecule has 3 heteroatoms. The van der Waals surface area contributed by atoms with Gasteiger partial charge in [-0.3, -0.25) is 4.90 Å². The summed E-state index contributed by atoms with van der Waals surface area (Å²) in [5, 5.41) is 0.842. The summed E-state index contributed by atoms with van der Waals surface area (Å²) >= 11 is 6.25. The Balaban J connectivity index is 1.80. The van der Waals surface area contributed by atoms with Crippen LogP contribution >= 0.6 is 11.6 Å². The maximum Gasteiger partial charge on any atom is 0.0451 e. The van der Waals surface area contributed by atoms with E-state index in [1.165, 1.54) is 16.7 Å². The van der Waals surface area contributed by atoms with E-state index in [2.05, 4.69) is 30.1 Å². The van der Waals surface area contributed by atoms with Crippen LogP contribution in [0.4, 0.5) is 5.69 Å². The number of rotatable bonds is 3. The zero-order valence-electron chi connectivity index (χ0n) is 11.6. The van der Waals surface area contributed by atoms with Gasteiger partial charge in [-0.25, -0.2) is 0 Å². The standard InChI is InChI=1S/C17H19ClN2/c1-20(11-13-4-2-3-5-16(13)18)17-9-6-12-10-14(19)7-8-15(12)17/h2-5,7-8,10,17H,6,9,11,19H2,1H3. The molecule has 1 aliphatic rings. The van der Waals surface area contributed by atoms with Gasteiger partial charge >= 0.3 is 0 Å². The van der Waals surface area contributed by atoms with Crippen LogP contribution in [0.1, 0.15) is 29.2 Å². The first-order valence-electron chi connectivity index (χ1n) is 6.97. The van der Waals surface area contributed by atoms with Gasteiger partial charge in [0.1, 0.15) is 0 Å². The molecule has 0 amide bonds. The Morgan fingerprint density at radius 3 is 2.85 bits per heavy atom. The SMILES string of the molecule is CN(Cc1ccccc1Cl)C1CCc2cc(N)ccc21. The minimum atomic E-state index is 0.460. The van der Waals surface area contributed by atoms with Crippen LogP contribution in [0.5, 0.6) is 0 Å². The van der Waals surface area contributed by atoms with Crippen molar-refractivity contribution in [1.82, 2.24) is 4.90 Å². The van der Waals surface area contributed by atoms with E-state index in [9.17, 15) is 0 Å². The third-order valence-electron chi connectivity index (χ3n) is 4.12. The average Bonchev–Trinajstić information content (AvgIpc) is 2.84. The second-order valence-corrected chi connectivity index (χ2v) is 5.93. The number of aryl methyl sites for hydroxylation is 1. The molecule has 2 N–H and O–H groups in total. The van der Waals surface area contributed by atoms with E-state index in [1.54, 1.807) is 0 Å². The lowest BCUT2D eigenvalue weighted by molar-refractivity contribution is 0.236. The minimum absolute atomic E-state index is 0.460. The van der Waals surface area contributed by atoms with E-state index in [4.69, 9.17) is 17.3 Å². The minimum Gasteiger partial charge on any atom is -0.399 e. The van der Waals surface area contributed by atoms with Crippen LogP contribution in [0.2, 0.25) is 5.02 Å². The molecule has 0 bridgehead atoms. The molecule has 1 unspecified atom stereocenters. The topological polar surface area (TPSA) is 29.3 Å². The molecular weight excluding hydrogens is 268 g/mol. The third kappa shape index (κ3) is 2.54. The maximum absolute atomic E-state index is 6.25. The lowest BCUT2D eigenvalue weighted by Crippen LogP contribution is -2.22. The summed E-state index contributed by atoms with van der Waals surface area (Å²) in [5.74, 6) is 0. The molecule has 2 aromatic carbocycles. The van der Waals surface area contributed by atoms with Gasteiger partial charge < -0.3 is 5.73 Å². The fourth-order valence-electron chi connectivity index (χ4n) is 3.08. The van der Waals surface area contributed by atoms with Gasteiger partial charge in [0.15, 0.2) is 0 Å². The van der Waals surface area contributed by atoms with Crippen LogP contribution in [0.15, 0.2) is 42.5 Å². The molecule has 104 valence electrons. The van der Waals surface area contributed by atoms with Crippen molar-refractivity contribution < 1.29 is 0 Å². The monoisotopic (exact) mass is 286 g/mol. The van der Waals surface area contributed by atoms with Gasteiger partial charge in [0.05, 0.1) is 0 Å². The normalized spacial score (nSPS) is 17.4. The van der Waals surface area contributed by atoms with Crippen molar-refractivity contribution in [2.24, 2.45) is 0 Å². The third-order valence-corrected chi connectivity index (χ3v) is 4.49. The van der Waals surface area contributed by atoms with Crippen LogP contribution in [0.25, 0.3) is 0 Å². The van der Waals surface area contributed by atoms with Crippen LogP contribution in [-0.2, 0) is 13.0 Å². The van der Waals surface area contributed by atoms with Crippen LogP contribution in [0, 0.1) is 0 Å². The number of nitrogens with zero attached hydrogens (tertiary/aromatic N) is 1. The van der Waals surface area contributed by atoms with Crippen LogP contribution < -0.4 is 5.73 Å². The van der Waals surface area contributed by atoms with Crippen molar-refractivity contribution in [2.45, 2.75) is 25.4 Å². The highest BCUT2D eigenvalue weighted by Crippen LogP contribution is 2.37. The van der Waals surface area contributed by atoms with Crippen molar-refractivity contribution in [2.75, 3.05) is 12.8 Å². The molecule has 0 spiro atoms. The predicted molar refractivity (Wildman–Crippen MR) is 84.8 cm³/mol. The highest BCUT2D eigenvalue weighted by Gasteiger charge is 2.26. The molecule has 0 radical (unpaired) electrons. The summed E-state index contributed by atoms with van der Waals surface area (Å²) < 4.78 is 0. The van der Waals surface area contributed by atoms with Crippen molar-refractivity contribution in [3.63, 3.8) is 0 Å². The largest absolute Gasteiger partial charge is 0.399 e. The van der Waals surface area contributed by atoms with Gasteiger partial charge in [-0.05, 0) is 54.8 Å². The molecule has 3 rings (SSSR count). The van der Waals surface area contributed by atoms with Crippen molar-refractivity contribution >= 4 is 17.3 Å². The molecule has 0 fully saturated rings. The summed E-state index contributed by atoms with van der Waals surface area (Å²) in [6.45, 7) is 0.869. The van der Waals surface area contributed by atoms with E-state index in [-0.39, 0.29) is 0 Å². The molecule has 0 saturated carbocycles. The van der Waals surface area contributed by atoms with Gasteiger partial charge in [0.2, 0.25) is 0 Å².